The molecule has 0 spiro atoms. The Morgan fingerprint density at radius 1 is 1.23 bits per heavy atom. The molecule has 1 fully saturated rings. The number of rotatable bonds is 7. The Morgan fingerprint density at radius 2 is 1.93 bits per heavy atom. The Labute approximate surface area is 236 Å². The van der Waals surface area contributed by atoms with Crippen molar-refractivity contribution in [3.8, 4) is 0 Å². The molecule has 1 aliphatic heterocycles. The molecule has 2 rings (SSSR count). The third kappa shape index (κ3) is 9.67. The molecular weight excluding hydrogens is 518 g/mol. The van der Waals surface area contributed by atoms with Crippen LogP contribution in [0.3, 0.4) is 0 Å². The number of carbonyl (C=O) groups is 4. The number of aliphatic hydroxyl groups excluding tert-OH is 2. The molecule has 1 saturated heterocycles. The van der Waals surface area contributed by atoms with E-state index in [9.17, 15) is 34.5 Å². The smallest absolute Gasteiger partial charge is 0.410 e. The fourth-order valence-electron chi connectivity index (χ4n) is 5.10. The average molecular weight is 564 g/mol. The van der Waals surface area contributed by atoms with Gasteiger partial charge in [-0.1, -0.05) is 43.7 Å². The van der Waals surface area contributed by atoms with Gasteiger partial charge in [0, 0.05) is 25.8 Å². The van der Waals surface area contributed by atoms with Crippen molar-refractivity contribution in [1.82, 2.24) is 4.90 Å². The van der Waals surface area contributed by atoms with E-state index in [0.717, 1.165) is 12.8 Å². The largest absolute Gasteiger partial charge is 0.455 e. The minimum Gasteiger partial charge on any atom is -0.455 e. The maximum atomic E-state index is 13.2. The average Bonchev–Trinajstić information content (AvgIpc) is 3.37. The van der Waals surface area contributed by atoms with E-state index in [4.69, 9.17) is 9.47 Å². The van der Waals surface area contributed by atoms with Crippen LogP contribution in [-0.4, -0.2) is 87.5 Å². The van der Waals surface area contributed by atoms with Crippen LogP contribution in [-0.2, 0) is 23.9 Å². The number of hydrogen-bond acceptors (Lipinski definition) is 9. The third-order valence-corrected chi connectivity index (χ3v) is 7.56. The molecule has 40 heavy (non-hydrogen) atoms. The number of Topliss-reactive ketones (excluding diaryl/α,β-unsaturated/α-hetero) is 2. The van der Waals surface area contributed by atoms with Crippen LogP contribution in [0.5, 0.6) is 0 Å². The molecule has 0 bridgehead atoms. The highest BCUT2D eigenvalue weighted by atomic mass is 16.6. The molecule has 0 aromatic carbocycles. The first-order valence-electron chi connectivity index (χ1n) is 14.0. The van der Waals surface area contributed by atoms with Crippen molar-refractivity contribution in [3.05, 3.63) is 36.0 Å². The van der Waals surface area contributed by atoms with Crippen molar-refractivity contribution in [3.63, 3.8) is 0 Å². The first-order chi connectivity index (χ1) is 18.8. The minimum atomic E-state index is -1.48. The second-order valence-corrected chi connectivity index (χ2v) is 11.3. The number of likely N-dealkylation sites (tertiary alicyclic amines) is 1. The van der Waals surface area contributed by atoms with E-state index in [0.29, 0.717) is 12.1 Å². The van der Waals surface area contributed by atoms with Crippen LogP contribution in [0, 0.1) is 17.8 Å². The number of nitrogens with zero attached hydrogens (tertiary/aromatic N) is 1. The Balaban J connectivity index is 2.18. The van der Waals surface area contributed by atoms with Gasteiger partial charge in [-0.25, -0.2) is 4.79 Å². The molecule has 1 heterocycles. The standard InChI is InChI=1S/C30H45NO9/c1-19(18-39-29(37)31-15-7-10-23(31)17-32)8-6-9-20(2)27-21(3)11-12-26(40-22(4)33)30(5,38)14-13-24(34)16-25(35)28(27)36/h6,8-9,11-12,19,21,23-24,26-27,32,34,38H,7,10,13-18H2,1-5H3/b8-6+,12-11+,20-9+/t19-,21+,23-,24+,26+,27-,30+/m1/s1. The number of allylic oxidation sites excluding steroid dienone is 4. The molecule has 7 atom stereocenters. The molecule has 2 aliphatic rings. The summed E-state index contributed by atoms with van der Waals surface area (Å²) in [6.45, 7) is 8.73. The van der Waals surface area contributed by atoms with Gasteiger partial charge >= 0.3 is 12.1 Å². The lowest BCUT2D eigenvalue weighted by atomic mass is 9.79. The van der Waals surface area contributed by atoms with Crippen LogP contribution in [0.2, 0.25) is 0 Å². The summed E-state index contributed by atoms with van der Waals surface area (Å²) >= 11 is 0. The summed E-state index contributed by atoms with van der Waals surface area (Å²) in [5, 5.41) is 30.7. The number of carbonyl (C=O) groups excluding carboxylic acids is 4. The van der Waals surface area contributed by atoms with Gasteiger partial charge in [0.05, 0.1) is 31.3 Å². The molecule has 1 aliphatic carbocycles. The number of ketones is 2. The quantitative estimate of drug-likeness (QED) is 0.184. The van der Waals surface area contributed by atoms with Crippen LogP contribution in [0.1, 0.15) is 66.7 Å². The predicted molar refractivity (Wildman–Crippen MR) is 148 cm³/mol. The summed E-state index contributed by atoms with van der Waals surface area (Å²) in [6, 6.07) is -0.206. The Bertz CT molecular complexity index is 999. The summed E-state index contributed by atoms with van der Waals surface area (Å²) in [5.74, 6) is -3.33. The van der Waals surface area contributed by atoms with Crippen molar-refractivity contribution >= 4 is 23.6 Å². The van der Waals surface area contributed by atoms with Gasteiger partial charge in [0.1, 0.15) is 11.7 Å². The lowest BCUT2D eigenvalue weighted by Gasteiger charge is -2.32. The lowest BCUT2D eigenvalue weighted by Crippen LogP contribution is -2.42. The molecule has 10 nitrogen and oxygen atoms in total. The van der Waals surface area contributed by atoms with E-state index in [1.807, 2.05) is 13.0 Å². The third-order valence-electron chi connectivity index (χ3n) is 7.56. The Hall–Kier alpha value is -2.82. The Kier molecular flexibility index (Phi) is 12.7. The zero-order valence-electron chi connectivity index (χ0n) is 24.2. The van der Waals surface area contributed by atoms with Gasteiger partial charge < -0.3 is 29.7 Å². The molecule has 0 saturated carbocycles. The summed E-state index contributed by atoms with van der Waals surface area (Å²) in [5.41, 5.74) is -0.868. The normalized spacial score (nSPS) is 32.4. The monoisotopic (exact) mass is 563 g/mol. The van der Waals surface area contributed by atoms with E-state index in [1.165, 1.54) is 19.9 Å². The Morgan fingerprint density at radius 3 is 2.58 bits per heavy atom. The number of ether oxygens (including phenoxy) is 2. The molecule has 3 N–H and O–H groups in total. The second-order valence-electron chi connectivity index (χ2n) is 11.3. The topological polar surface area (TPSA) is 151 Å². The first kappa shape index (κ1) is 33.4. The van der Waals surface area contributed by atoms with E-state index in [2.05, 4.69) is 0 Å². The van der Waals surface area contributed by atoms with Gasteiger partial charge in [0.15, 0.2) is 0 Å². The van der Waals surface area contributed by atoms with Crippen molar-refractivity contribution in [2.45, 2.75) is 90.6 Å². The van der Waals surface area contributed by atoms with Gasteiger partial charge in [-0.2, -0.15) is 0 Å². The molecule has 1 amide bonds. The zero-order chi connectivity index (χ0) is 30.0. The molecule has 0 radical (unpaired) electrons. The maximum absolute atomic E-state index is 13.2. The van der Waals surface area contributed by atoms with Gasteiger partial charge in [0.2, 0.25) is 11.6 Å². The SMILES string of the molecule is CC(=O)O[C@H]1/C=C/[C@H](C)[C@@H](/C(C)=C/C=C/[C@@H](C)COC(=O)N2CCC[C@@H]2CO)C(=O)C(=O)C[C@@H](O)CC[C@]1(C)O. The molecular formula is C30H45NO9. The van der Waals surface area contributed by atoms with Crippen molar-refractivity contribution in [1.29, 1.82) is 0 Å². The van der Waals surface area contributed by atoms with Gasteiger partial charge in [-0.05, 0) is 51.5 Å². The van der Waals surface area contributed by atoms with E-state index < -0.39 is 53.3 Å². The van der Waals surface area contributed by atoms with Gasteiger partial charge in [-0.15, -0.1) is 0 Å². The van der Waals surface area contributed by atoms with Crippen molar-refractivity contribution in [2.24, 2.45) is 17.8 Å². The van der Waals surface area contributed by atoms with E-state index >= 15 is 0 Å². The highest BCUT2D eigenvalue weighted by Gasteiger charge is 2.37. The van der Waals surface area contributed by atoms with Crippen LogP contribution in [0.15, 0.2) is 36.0 Å². The van der Waals surface area contributed by atoms with Crippen LogP contribution in [0.25, 0.3) is 0 Å². The van der Waals surface area contributed by atoms with E-state index in [-0.39, 0.29) is 44.4 Å². The summed E-state index contributed by atoms with van der Waals surface area (Å²) < 4.78 is 10.7. The molecule has 224 valence electrons. The number of aliphatic hydroxyl groups is 3. The first-order valence-corrected chi connectivity index (χ1v) is 14.0. The van der Waals surface area contributed by atoms with Crippen molar-refractivity contribution < 1.29 is 44.0 Å². The summed E-state index contributed by atoms with van der Waals surface area (Å²) in [7, 11) is 0. The highest BCUT2D eigenvalue weighted by Crippen LogP contribution is 2.29. The molecule has 0 aromatic heterocycles. The van der Waals surface area contributed by atoms with Gasteiger partial charge in [-0.3, -0.25) is 14.4 Å². The van der Waals surface area contributed by atoms with Crippen LogP contribution >= 0.6 is 0 Å². The van der Waals surface area contributed by atoms with Crippen LogP contribution in [0.4, 0.5) is 4.79 Å². The fourth-order valence-corrected chi connectivity index (χ4v) is 5.10. The van der Waals surface area contributed by atoms with Crippen molar-refractivity contribution in [2.75, 3.05) is 19.8 Å². The van der Waals surface area contributed by atoms with Crippen LogP contribution < -0.4 is 0 Å². The summed E-state index contributed by atoms with van der Waals surface area (Å²) in [4.78, 5) is 51.5. The zero-order valence-corrected chi connectivity index (χ0v) is 24.2. The molecule has 0 aromatic rings. The second kappa shape index (κ2) is 15.3. The van der Waals surface area contributed by atoms with Gasteiger partial charge in [0.25, 0.3) is 0 Å². The number of esters is 1. The number of hydrogen-bond donors (Lipinski definition) is 3. The maximum Gasteiger partial charge on any atom is 0.410 e. The number of amides is 1. The van der Waals surface area contributed by atoms with E-state index in [1.54, 1.807) is 37.0 Å². The predicted octanol–water partition coefficient (Wildman–Crippen LogP) is 2.89. The molecule has 10 heteroatoms. The summed E-state index contributed by atoms with van der Waals surface area (Å²) in [6.07, 6.45) is 7.26. The minimum absolute atomic E-state index is 0.0519. The molecule has 0 unspecified atom stereocenters. The highest BCUT2D eigenvalue weighted by molar-refractivity contribution is 6.38. The lowest BCUT2D eigenvalue weighted by molar-refractivity contribution is -0.156. The fraction of sp³-hybridized carbons (Fsp3) is 0.667.